The van der Waals surface area contributed by atoms with E-state index in [1.807, 2.05) is 4.98 Å². The molecule has 11 heteroatoms. The van der Waals surface area contributed by atoms with Gasteiger partial charge in [-0.1, -0.05) is 23.2 Å². The Labute approximate surface area is 172 Å². The fraction of sp³-hybridized carbons (Fsp3) is 0.167. The van der Waals surface area contributed by atoms with Crippen LogP contribution in [0.1, 0.15) is 30.0 Å². The Morgan fingerprint density at radius 2 is 1.83 bits per heavy atom. The monoisotopic (exact) mass is 431 g/mol. The highest BCUT2D eigenvalue weighted by atomic mass is 35.5. The molecule has 4 rings (SSSR count). The lowest BCUT2D eigenvalue weighted by atomic mass is 10.2. The summed E-state index contributed by atoms with van der Waals surface area (Å²) in [7, 11) is 0. The van der Waals surface area contributed by atoms with Gasteiger partial charge >= 0.3 is 5.69 Å². The van der Waals surface area contributed by atoms with Crippen LogP contribution < -0.4 is 21.5 Å². The van der Waals surface area contributed by atoms with Gasteiger partial charge in [-0.25, -0.2) is 4.79 Å². The first-order valence-electron chi connectivity index (χ1n) is 8.41. The highest BCUT2D eigenvalue weighted by molar-refractivity contribution is 6.37. The molecular weight excluding hydrogens is 421 g/mol. The van der Waals surface area contributed by atoms with Crippen LogP contribution in [-0.2, 0) is 0 Å². The normalized spacial score (nSPS) is 13.1. The number of benzene rings is 1. The summed E-state index contributed by atoms with van der Waals surface area (Å²) in [6.45, 7) is 0. The SMILES string of the molecule is N#Cc1nn(-c2cc(Cl)c(Oc3c[nH]c(=O)c(C4CC4)c3)c(Cl)c2)c(=O)[nH]c1=O. The van der Waals surface area contributed by atoms with Crippen LogP contribution >= 0.6 is 23.2 Å². The molecule has 1 aliphatic carbocycles. The maximum atomic E-state index is 12.0. The summed E-state index contributed by atoms with van der Waals surface area (Å²) in [5.41, 5.74) is -1.63. The number of nitrogens with zero attached hydrogens (tertiary/aromatic N) is 3. The number of aromatic amines is 2. The van der Waals surface area contributed by atoms with Crippen LogP contribution in [0.4, 0.5) is 0 Å². The van der Waals surface area contributed by atoms with Crippen LogP contribution in [0, 0.1) is 11.3 Å². The summed E-state index contributed by atoms with van der Waals surface area (Å²) >= 11 is 12.6. The molecule has 0 amide bonds. The number of halogens is 2. The fourth-order valence-corrected chi connectivity index (χ4v) is 3.32. The lowest BCUT2D eigenvalue weighted by Crippen LogP contribution is -2.33. The van der Waals surface area contributed by atoms with Crippen molar-refractivity contribution >= 4 is 23.2 Å². The Balaban J connectivity index is 1.73. The second-order valence-electron chi connectivity index (χ2n) is 6.37. The first-order chi connectivity index (χ1) is 13.9. The second-order valence-corrected chi connectivity index (χ2v) is 7.18. The van der Waals surface area contributed by atoms with E-state index in [2.05, 4.69) is 10.1 Å². The number of hydrogen-bond donors (Lipinski definition) is 2. The number of nitriles is 1. The smallest absolute Gasteiger partial charge is 0.349 e. The largest absolute Gasteiger partial charge is 0.453 e. The maximum absolute atomic E-state index is 12.0. The number of nitrogens with one attached hydrogen (secondary N) is 2. The highest BCUT2D eigenvalue weighted by Gasteiger charge is 2.27. The lowest BCUT2D eigenvalue weighted by molar-refractivity contribution is 0.479. The third kappa shape index (κ3) is 3.68. The number of H-pyrrole nitrogens is 2. The fourth-order valence-electron chi connectivity index (χ4n) is 2.77. The van der Waals surface area contributed by atoms with Crippen LogP contribution in [0.2, 0.25) is 10.0 Å². The Hall–Kier alpha value is -3.35. The first-order valence-corrected chi connectivity index (χ1v) is 9.16. The van der Waals surface area contributed by atoms with E-state index in [4.69, 9.17) is 33.2 Å². The van der Waals surface area contributed by atoms with Crippen molar-refractivity contribution in [2.45, 2.75) is 18.8 Å². The van der Waals surface area contributed by atoms with Crippen molar-refractivity contribution in [1.82, 2.24) is 19.7 Å². The second kappa shape index (κ2) is 7.24. The molecule has 0 radical (unpaired) electrons. The highest BCUT2D eigenvalue weighted by Crippen LogP contribution is 2.41. The van der Waals surface area contributed by atoms with Gasteiger partial charge in [0.1, 0.15) is 11.8 Å². The van der Waals surface area contributed by atoms with E-state index in [1.165, 1.54) is 18.3 Å². The van der Waals surface area contributed by atoms with Gasteiger partial charge in [-0.05, 0) is 37.0 Å². The van der Waals surface area contributed by atoms with E-state index in [1.54, 1.807) is 12.1 Å². The Morgan fingerprint density at radius 3 is 2.45 bits per heavy atom. The zero-order valence-electron chi connectivity index (χ0n) is 14.5. The van der Waals surface area contributed by atoms with Gasteiger partial charge in [-0.3, -0.25) is 14.6 Å². The molecule has 0 atom stereocenters. The van der Waals surface area contributed by atoms with Gasteiger partial charge in [-0.15, -0.1) is 5.10 Å². The van der Waals surface area contributed by atoms with Crippen molar-refractivity contribution in [1.29, 1.82) is 5.26 Å². The summed E-state index contributed by atoms with van der Waals surface area (Å²) in [5.74, 6) is 0.696. The van der Waals surface area contributed by atoms with Crippen molar-refractivity contribution in [2.75, 3.05) is 0 Å². The Kier molecular flexibility index (Phi) is 4.74. The summed E-state index contributed by atoms with van der Waals surface area (Å²) in [6.07, 6.45) is 3.31. The number of hydrogen-bond acceptors (Lipinski definition) is 6. The van der Waals surface area contributed by atoms with E-state index in [0.29, 0.717) is 11.3 Å². The van der Waals surface area contributed by atoms with Crippen molar-refractivity contribution in [3.63, 3.8) is 0 Å². The standard InChI is InChI=1S/C18H11Cl2N5O4/c19-12-3-9(25-18(28)23-17(27)14(6-21)24-25)4-13(20)15(12)29-10-5-11(8-1-2-8)16(26)22-7-10/h3-5,7-8H,1-2H2,(H,22,26)(H,23,27,28). The molecule has 0 aliphatic heterocycles. The van der Waals surface area contributed by atoms with Gasteiger partial charge in [0.2, 0.25) is 5.69 Å². The third-order valence-electron chi connectivity index (χ3n) is 4.30. The predicted octanol–water partition coefficient (Wildman–Crippen LogP) is 2.46. The summed E-state index contributed by atoms with van der Waals surface area (Å²) in [6, 6.07) is 5.94. The average Bonchev–Trinajstić information content (AvgIpc) is 3.51. The summed E-state index contributed by atoms with van der Waals surface area (Å²) in [5, 5.41) is 12.8. The molecule has 0 unspecified atom stereocenters. The molecular formula is C18H11Cl2N5O4. The summed E-state index contributed by atoms with van der Waals surface area (Å²) < 4.78 is 6.54. The molecule has 146 valence electrons. The topological polar surface area (TPSA) is 134 Å². The molecule has 2 aromatic heterocycles. The molecule has 3 aromatic rings. The Morgan fingerprint density at radius 1 is 1.14 bits per heavy atom. The van der Waals surface area contributed by atoms with E-state index < -0.39 is 16.9 Å². The maximum Gasteiger partial charge on any atom is 0.349 e. The molecule has 0 spiro atoms. The van der Waals surface area contributed by atoms with Crippen molar-refractivity contribution in [3.8, 4) is 23.3 Å². The molecule has 1 aromatic carbocycles. The third-order valence-corrected chi connectivity index (χ3v) is 4.87. The quantitative estimate of drug-likeness (QED) is 0.651. The molecule has 1 aliphatic rings. The number of pyridine rings is 1. The molecule has 9 nitrogen and oxygen atoms in total. The van der Waals surface area contributed by atoms with Gasteiger partial charge in [0, 0.05) is 11.8 Å². The van der Waals surface area contributed by atoms with Gasteiger partial charge in [0.25, 0.3) is 11.1 Å². The first kappa shape index (κ1) is 19.0. The lowest BCUT2D eigenvalue weighted by Gasteiger charge is -2.12. The molecule has 2 heterocycles. The number of rotatable bonds is 4. The number of ether oxygens (including phenoxy) is 1. The van der Waals surface area contributed by atoms with Gasteiger partial charge in [0.05, 0.1) is 15.7 Å². The van der Waals surface area contributed by atoms with Crippen LogP contribution in [0.25, 0.3) is 5.69 Å². The molecule has 2 N–H and O–H groups in total. The average molecular weight is 432 g/mol. The van der Waals surface area contributed by atoms with Crippen molar-refractivity contribution in [2.24, 2.45) is 0 Å². The minimum atomic E-state index is -0.893. The van der Waals surface area contributed by atoms with E-state index >= 15 is 0 Å². The molecule has 1 fully saturated rings. The molecule has 1 saturated carbocycles. The minimum Gasteiger partial charge on any atom is -0.453 e. The molecule has 29 heavy (non-hydrogen) atoms. The zero-order chi connectivity index (χ0) is 20.7. The van der Waals surface area contributed by atoms with Crippen LogP contribution in [0.5, 0.6) is 11.5 Å². The molecule has 0 saturated heterocycles. The van der Waals surface area contributed by atoms with E-state index in [9.17, 15) is 14.4 Å². The number of aromatic nitrogens is 4. The van der Waals surface area contributed by atoms with E-state index in [-0.39, 0.29) is 33.0 Å². The van der Waals surface area contributed by atoms with Crippen LogP contribution in [0.15, 0.2) is 38.8 Å². The van der Waals surface area contributed by atoms with Crippen LogP contribution in [0.3, 0.4) is 0 Å². The van der Waals surface area contributed by atoms with E-state index in [0.717, 1.165) is 17.5 Å². The van der Waals surface area contributed by atoms with Crippen molar-refractivity contribution < 1.29 is 4.74 Å². The van der Waals surface area contributed by atoms with Gasteiger partial charge < -0.3 is 9.72 Å². The minimum absolute atomic E-state index is 0.0603. The van der Waals surface area contributed by atoms with Crippen LogP contribution in [-0.4, -0.2) is 19.7 Å². The predicted molar refractivity (Wildman–Crippen MR) is 104 cm³/mol. The zero-order valence-corrected chi connectivity index (χ0v) is 16.0. The van der Waals surface area contributed by atoms with Gasteiger partial charge in [0.15, 0.2) is 5.75 Å². The van der Waals surface area contributed by atoms with Crippen molar-refractivity contribution in [3.05, 3.63) is 76.9 Å². The molecule has 0 bridgehead atoms. The summed E-state index contributed by atoms with van der Waals surface area (Å²) in [4.78, 5) is 40.0. The Bertz CT molecular complexity index is 1320. The van der Waals surface area contributed by atoms with Gasteiger partial charge in [-0.2, -0.15) is 9.94 Å².